The molecule has 6 nitrogen and oxygen atoms in total. The lowest BCUT2D eigenvalue weighted by Crippen LogP contribution is -2.34. The quantitative estimate of drug-likeness (QED) is 0.239. The zero-order valence-electron chi connectivity index (χ0n) is 18.9. The maximum Gasteiger partial charge on any atom is 0.269 e. The summed E-state index contributed by atoms with van der Waals surface area (Å²) in [5.74, 6) is -5.93. The number of benzene rings is 2. The van der Waals surface area contributed by atoms with Crippen molar-refractivity contribution in [3.05, 3.63) is 64.5 Å². The summed E-state index contributed by atoms with van der Waals surface area (Å²) in [6.45, 7) is -0.690. The van der Waals surface area contributed by atoms with Gasteiger partial charge in [-0.25, -0.2) is 34.7 Å². The Morgan fingerprint density at radius 3 is 2.53 bits per heavy atom. The SMILES string of the molecule is COCN(c1cccc(-c2nn(C3CCC(F)(F)CC3)cc2Br)c1F)S(=O)(=O)c1cc(F)ccc1F. The fourth-order valence-corrected chi connectivity index (χ4v) is 6.06. The van der Waals surface area contributed by atoms with Gasteiger partial charge < -0.3 is 4.74 Å². The van der Waals surface area contributed by atoms with Crippen LogP contribution in [0.1, 0.15) is 31.7 Å². The molecule has 1 heterocycles. The molecule has 1 aromatic heterocycles. The van der Waals surface area contributed by atoms with Crippen LogP contribution in [0, 0.1) is 17.5 Å². The largest absolute Gasteiger partial charge is 0.363 e. The molecule has 1 fully saturated rings. The number of rotatable bonds is 7. The lowest BCUT2D eigenvalue weighted by molar-refractivity contribution is -0.0449. The van der Waals surface area contributed by atoms with Gasteiger partial charge in [-0.15, -0.1) is 0 Å². The molecule has 1 aliphatic rings. The number of sulfonamides is 1. The third-order valence-corrected chi connectivity index (χ3v) is 8.29. The first-order valence-corrected chi connectivity index (χ1v) is 13.1. The van der Waals surface area contributed by atoms with E-state index < -0.39 is 50.7 Å². The van der Waals surface area contributed by atoms with Crippen molar-refractivity contribution in [2.45, 2.75) is 42.5 Å². The van der Waals surface area contributed by atoms with Crippen LogP contribution in [-0.2, 0) is 14.8 Å². The van der Waals surface area contributed by atoms with Crippen LogP contribution >= 0.6 is 15.9 Å². The smallest absolute Gasteiger partial charge is 0.269 e. The average Bonchev–Trinajstić information content (AvgIpc) is 3.20. The highest BCUT2D eigenvalue weighted by atomic mass is 79.9. The van der Waals surface area contributed by atoms with Gasteiger partial charge in [0.15, 0.2) is 5.82 Å². The Hall–Kier alpha value is -2.51. The van der Waals surface area contributed by atoms with E-state index >= 15 is 4.39 Å². The Bertz CT molecular complexity index is 1370. The summed E-state index contributed by atoms with van der Waals surface area (Å²) < 4.78 is 105. The summed E-state index contributed by atoms with van der Waals surface area (Å²) in [5, 5.41) is 4.38. The summed E-state index contributed by atoms with van der Waals surface area (Å²) in [4.78, 5) is -0.982. The molecule has 4 rings (SSSR count). The summed E-state index contributed by atoms with van der Waals surface area (Å²) in [6.07, 6.45) is 1.38. The van der Waals surface area contributed by atoms with Gasteiger partial charge in [0.1, 0.15) is 29.0 Å². The molecular weight excluding hydrogens is 573 g/mol. The molecule has 194 valence electrons. The van der Waals surface area contributed by atoms with E-state index in [-0.39, 0.29) is 43.0 Å². The van der Waals surface area contributed by atoms with Crippen LogP contribution in [-0.4, -0.2) is 38.0 Å². The molecule has 2 aromatic carbocycles. The Morgan fingerprint density at radius 2 is 1.86 bits per heavy atom. The Morgan fingerprint density at radius 1 is 1.17 bits per heavy atom. The summed E-state index contributed by atoms with van der Waals surface area (Å²) in [6, 6.07) is 5.51. The third kappa shape index (κ3) is 5.14. The highest BCUT2D eigenvalue weighted by molar-refractivity contribution is 9.10. The van der Waals surface area contributed by atoms with Crippen molar-refractivity contribution in [1.82, 2.24) is 9.78 Å². The molecule has 0 atom stereocenters. The van der Waals surface area contributed by atoms with E-state index in [1.807, 2.05) is 0 Å². The van der Waals surface area contributed by atoms with Crippen molar-refractivity contribution < 1.29 is 35.1 Å². The molecule has 0 bridgehead atoms. The lowest BCUT2D eigenvalue weighted by Gasteiger charge is -2.28. The van der Waals surface area contributed by atoms with Crippen LogP contribution in [0.4, 0.5) is 27.6 Å². The van der Waals surface area contributed by atoms with Crippen molar-refractivity contribution in [3.63, 3.8) is 0 Å². The second-order valence-electron chi connectivity index (χ2n) is 8.38. The number of methoxy groups -OCH3 is 1. The molecule has 36 heavy (non-hydrogen) atoms. The molecule has 3 aromatic rings. The highest BCUT2D eigenvalue weighted by Crippen LogP contribution is 2.40. The van der Waals surface area contributed by atoms with E-state index in [1.165, 1.54) is 16.8 Å². The van der Waals surface area contributed by atoms with Gasteiger partial charge in [-0.2, -0.15) is 5.10 Å². The summed E-state index contributed by atoms with van der Waals surface area (Å²) in [7, 11) is -3.61. The van der Waals surface area contributed by atoms with Crippen molar-refractivity contribution in [3.8, 4) is 11.3 Å². The molecule has 0 unspecified atom stereocenters. The Balaban J connectivity index is 1.74. The molecule has 1 saturated carbocycles. The molecule has 0 radical (unpaired) electrons. The molecule has 0 spiro atoms. The van der Waals surface area contributed by atoms with Crippen molar-refractivity contribution in [2.75, 3.05) is 18.1 Å². The molecular formula is C23H21BrF5N3O3S. The van der Waals surface area contributed by atoms with Gasteiger partial charge in [0, 0.05) is 31.7 Å². The minimum atomic E-state index is -4.78. The number of alkyl halides is 2. The van der Waals surface area contributed by atoms with Gasteiger partial charge in [-0.3, -0.25) is 4.68 Å². The lowest BCUT2D eigenvalue weighted by atomic mass is 9.92. The van der Waals surface area contributed by atoms with E-state index in [9.17, 15) is 26.0 Å². The van der Waals surface area contributed by atoms with Crippen LogP contribution in [0.3, 0.4) is 0 Å². The van der Waals surface area contributed by atoms with Gasteiger partial charge in [-0.05, 0) is 59.1 Å². The predicted octanol–water partition coefficient (Wildman–Crippen LogP) is 6.28. The van der Waals surface area contributed by atoms with Crippen LogP contribution in [0.2, 0.25) is 0 Å². The standard InChI is InChI=1S/C23H21BrF5N3O3S/c1-35-13-32(36(33,34)20-11-14(25)5-6-18(20)26)19-4-2-3-16(21(19)27)22-17(24)12-31(30-22)15-7-9-23(28,29)10-8-15/h2-6,11-12,15H,7-10,13H2,1H3. The summed E-state index contributed by atoms with van der Waals surface area (Å²) in [5.41, 5.74) is -0.439. The number of hydrogen-bond donors (Lipinski definition) is 0. The fraction of sp³-hybridized carbons (Fsp3) is 0.348. The molecule has 0 aliphatic heterocycles. The topological polar surface area (TPSA) is 64.4 Å². The van der Waals surface area contributed by atoms with Crippen molar-refractivity contribution in [1.29, 1.82) is 0 Å². The number of aromatic nitrogens is 2. The maximum atomic E-state index is 15.8. The van der Waals surface area contributed by atoms with Gasteiger partial charge in [0.2, 0.25) is 5.92 Å². The zero-order chi connectivity index (χ0) is 26.3. The van der Waals surface area contributed by atoms with E-state index in [0.29, 0.717) is 20.9 Å². The van der Waals surface area contributed by atoms with Gasteiger partial charge in [0.25, 0.3) is 10.0 Å². The molecule has 13 heteroatoms. The van der Waals surface area contributed by atoms with E-state index in [2.05, 4.69) is 21.0 Å². The third-order valence-electron chi connectivity index (χ3n) is 5.96. The van der Waals surface area contributed by atoms with Crippen LogP contribution in [0.25, 0.3) is 11.3 Å². The average molecular weight is 594 g/mol. The summed E-state index contributed by atoms with van der Waals surface area (Å²) >= 11 is 3.32. The predicted molar refractivity (Wildman–Crippen MR) is 126 cm³/mol. The maximum absolute atomic E-state index is 15.8. The van der Waals surface area contributed by atoms with Crippen LogP contribution in [0.15, 0.2) is 52.0 Å². The van der Waals surface area contributed by atoms with E-state index in [1.54, 1.807) is 6.20 Å². The number of hydrogen-bond acceptors (Lipinski definition) is 4. The number of halogens is 6. The molecule has 0 saturated heterocycles. The van der Waals surface area contributed by atoms with Gasteiger partial charge in [-0.1, -0.05) is 6.07 Å². The first-order valence-electron chi connectivity index (χ1n) is 10.8. The molecule has 1 aliphatic carbocycles. The minimum absolute atomic E-state index is 0.0877. The Labute approximate surface area is 212 Å². The Kier molecular flexibility index (Phi) is 7.45. The first kappa shape index (κ1) is 26.6. The number of nitrogens with zero attached hydrogens (tertiary/aromatic N) is 3. The van der Waals surface area contributed by atoms with Crippen molar-refractivity contribution in [2.24, 2.45) is 0 Å². The van der Waals surface area contributed by atoms with Gasteiger partial charge >= 0.3 is 0 Å². The number of ether oxygens (including phenoxy) is 1. The second kappa shape index (κ2) is 10.1. The fourth-order valence-electron chi connectivity index (χ4n) is 4.10. The highest BCUT2D eigenvalue weighted by Gasteiger charge is 2.36. The number of anilines is 1. The minimum Gasteiger partial charge on any atom is -0.363 e. The van der Waals surface area contributed by atoms with Crippen LogP contribution < -0.4 is 4.31 Å². The van der Waals surface area contributed by atoms with E-state index in [4.69, 9.17) is 4.74 Å². The van der Waals surface area contributed by atoms with Crippen molar-refractivity contribution >= 4 is 31.6 Å². The first-order chi connectivity index (χ1) is 16.9. The zero-order valence-corrected chi connectivity index (χ0v) is 21.3. The van der Waals surface area contributed by atoms with Gasteiger partial charge in [0.05, 0.1) is 16.2 Å². The molecule has 0 amide bonds. The second-order valence-corrected chi connectivity index (χ2v) is 11.1. The normalized spacial score (nSPS) is 16.3. The van der Waals surface area contributed by atoms with E-state index in [0.717, 1.165) is 19.2 Å². The monoisotopic (exact) mass is 593 g/mol. The molecule has 0 N–H and O–H groups in total. The van der Waals surface area contributed by atoms with Crippen LogP contribution in [0.5, 0.6) is 0 Å².